The standard InChI is InChI=1S/C12H22O7/c1-3-11(18)19-12(10(17)6-14)7(2)4-8(15)9(16)5-13/h3,7-10,12-17H,1,4-6H2,2H3. The van der Waals surface area contributed by atoms with Gasteiger partial charge in [0.1, 0.15) is 18.3 Å². The fourth-order valence-electron chi connectivity index (χ4n) is 1.65. The highest BCUT2D eigenvalue weighted by atomic mass is 16.6. The Bertz CT molecular complexity index is 281. The lowest BCUT2D eigenvalue weighted by Crippen LogP contribution is -2.41. The molecule has 0 aromatic rings. The summed E-state index contributed by atoms with van der Waals surface area (Å²) in [6, 6.07) is 0. The van der Waals surface area contributed by atoms with Gasteiger partial charge in [-0.15, -0.1) is 0 Å². The van der Waals surface area contributed by atoms with Gasteiger partial charge in [0.2, 0.25) is 0 Å². The van der Waals surface area contributed by atoms with E-state index in [2.05, 4.69) is 6.58 Å². The normalized spacial score (nSPS) is 19.1. The van der Waals surface area contributed by atoms with Crippen LogP contribution in [0.2, 0.25) is 0 Å². The summed E-state index contributed by atoms with van der Waals surface area (Å²) in [6.07, 6.45) is -4.00. The molecule has 7 heteroatoms. The fraction of sp³-hybridized carbons (Fsp3) is 0.750. The van der Waals surface area contributed by atoms with Crippen molar-refractivity contribution >= 4 is 5.97 Å². The van der Waals surface area contributed by atoms with Gasteiger partial charge in [0.25, 0.3) is 0 Å². The second-order valence-electron chi connectivity index (χ2n) is 4.39. The molecule has 7 nitrogen and oxygen atoms in total. The predicted molar refractivity (Wildman–Crippen MR) is 66.1 cm³/mol. The van der Waals surface area contributed by atoms with Crippen molar-refractivity contribution in [1.82, 2.24) is 0 Å². The topological polar surface area (TPSA) is 127 Å². The summed E-state index contributed by atoms with van der Waals surface area (Å²) in [5.41, 5.74) is 0. The molecule has 0 aromatic carbocycles. The maximum absolute atomic E-state index is 11.1. The second-order valence-corrected chi connectivity index (χ2v) is 4.39. The Morgan fingerprint density at radius 2 is 1.68 bits per heavy atom. The number of rotatable bonds is 9. The first-order valence-corrected chi connectivity index (χ1v) is 5.96. The fourth-order valence-corrected chi connectivity index (χ4v) is 1.65. The third-order valence-corrected chi connectivity index (χ3v) is 2.79. The first kappa shape index (κ1) is 18.0. The van der Waals surface area contributed by atoms with Crippen LogP contribution in [-0.4, -0.2) is 69.1 Å². The van der Waals surface area contributed by atoms with Crippen LogP contribution in [-0.2, 0) is 9.53 Å². The molecule has 5 N–H and O–H groups in total. The van der Waals surface area contributed by atoms with Gasteiger partial charge in [-0.25, -0.2) is 4.79 Å². The van der Waals surface area contributed by atoms with Crippen LogP contribution in [0, 0.1) is 5.92 Å². The van der Waals surface area contributed by atoms with E-state index in [0.29, 0.717) is 0 Å². The van der Waals surface area contributed by atoms with Gasteiger partial charge in [-0.2, -0.15) is 0 Å². The first-order valence-electron chi connectivity index (χ1n) is 5.96. The van der Waals surface area contributed by atoms with Crippen molar-refractivity contribution in [3.05, 3.63) is 12.7 Å². The highest BCUT2D eigenvalue weighted by Gasteiger charge is 2.31. The monoisotopic (exact) mass is 278 g/mol. The third-order valence-electron chi connectivity index (χ3n) is 2.79. The van der Waals surface area contributed by atoms with E-state index >= 15 is 0 Å². The lowest BCUT2D eigenvalue weighted by atomic mass is 9.92. The van der Waals surface area contributed by atoms with Crippen molar-refractivity contribution < 1.29 is 35.1 Å². The molecule has 0 saturated heterocycles. The van der Waals surface area contributed by atoms with Crippen LogP contribution in [0.15, 0.2) is 12.7 Å². The highest BCUT2D eigenvalue weighted by Crippen LogP contribution is 2.19. The zero-order valence-corrected chi connectivity index (χ0v) is 10.8. The van der Waals surface area contributed by atoms with Gasteiger partial charge in [0.15, 0.2) is 0 Å². The molecule has 0 amide bonds. The molecule has 0 rings (SSSR count). The van der Waals surface area contributed by atoms with Crippen LogP contribution >= 0.6 is 0 Å². The highest BCUT2D eigenvalue weighted by molar-refractivity contribution is 5.81. The Morgan fingerprint density at radius 3 is 2.11 bits per heavy atom. The van der Waals surface area contributed by atoms with Crippen molar-refractivity contribution in [3.63, 3.8) is 0 Å². The van der Waals surface area contributed by atoms with E-state index in [0.717, 1.165) is 6.08 Å². The summed E-state index contributed by atoms with van der Waals surface area (Å²) >= 11 is 0. The molecule has 0 bridgehead atoms. The molecule has 0 heterocycles. The summed E-state index contributed by atoms with van der Waals surface area (Å²) < 4.78 is 4.91. The number of aliphatic hydroxyl groups is 5. The Morgan fingerprint density at radius 1 is 1.16 bits per heavy atom. The largest absolute Gasteiger partial charge is 0.456 e. The molecule has 19 heavy (non-hydrogen) atoms. The molecule has 0 aliphatic heterocycles. The number of esters is 1. The number of hydrogen-bond donors (Lipinski definition) is 5. The van der Waals surface area contributed by atoms with Gasteiger partial charge >= 0.3 is 5.97 Å². The molecular weight excluding hydrogens is 256 g/mol. The van der Waals surface area contributed by atoms with E-state index < -0.39 is 49.5 Å². The number of carbonyl (C=O) groups is 1. The van der Waals surface area contributed by atoms with E-state index in [1.807, 2.05) is 0 Å². The van der Waals surface area contributed by atoms with E-state index in [9.17, 15) is 20.1 Å². The van der Waals surface area contributed by atoms with Crippen LogP contribution in [0.3, 0.4) is 0 Å². The van der Waals surface area contributed by atoms with Crippen molar-refractivity contribution in [2.45, 2.75) is 37.8 Å². The van der Waals surface area contributed by atoms with Gasteiger partial charge < -0.3 is 30.3 Å². The molecule has 0 radical (unpaired) electrons. The van der Waals surface area contributed by atoms with Gasteiger partial charge in [0, 0.05) is 6.08 Å². The van der Waals surface area contributed by atoms with Crippen molar-refractivity contribution in [2.24, 2.45) is 5.92 Å². The molecule has 0 spiro atoms. The molecule has 0 fully saturated rings. The van der Waals surface area contributed by atoms with E-state index in [1.165, 1.54) is 0 Å². The SMILES string of the molecule is C=CC(=O)OC(C(C)CC(O)C(O)CO)C(O)CO. The summed E-state index contributed by atoms with van der Waals surface area (Å²) in [7, 11) is 0. The molecule has 5 atom stereocenters. The van der Waals surface area contributed by atoms with E-state index in [-0.39, 0.29) is 6.42 Å². The van der Waals surface area contributed by atoms with Crippen LogP contribution in [0.1, 0.15) is 13.3 Å². The lowest BCUT2D eigenvalue weighted by molar-refractivity contribution is -0.156. The zero-order chi connectivity index (χ0) is 15.0. The van der Waals surface area contributed by atoms with Crippen LogP contribution in [0.25, 0.3) is 0 Å². The Kier molecular flexibility index (Phi) is 8.53. The summed E-state index contributed by atoms with van der Waals surface area (Å²) in [6.45, 7) is 3.58. The van der Waals surface area contributed by atoms with Gasteiger partial charge in [-0.05, 0) is 12.3 Å². The number of hydrogen-bond acceptors (Lipinski definition) is 7. The third kappa shape index (κ3) is 6.13. The Balaban J connectivity index is 4.66. The average Bonchev–Trinajstić information content (AvgIpc) is 2.41. The summed E-state index contributed by atoms with van der Waals surface area (Å²) in [5, 5.41) is 46.0. The van der Waals surface area contributed by atoms with Crippen molar-refractivity contribution in [3.8, 4) is 0 Å². The minimum atomic E-state index is -1.32. The van der Waals surface area contributed by atoms with E-state index in [4.69, 9.17) is 14.9 Å². The maximum atomic E-state index is 11.1. The summed E-state index contributed by atoms with van der Waals surface area (Å²) in [5.74, 6) is -1.30. The molecule has 0 aromatic heterocycles. The van der Waals surface area contributed by atoms with Crippen LogP contribution in [0.4, 0.5) is 0 Å². The smallest absolute Gasteiger partial charge is 0.330 e. The molecule has 0 aliphatic carbocycles. The maximum Gasteiger partial charge on any atom is 0.330 e. The first-order chi connectivity index (χ1) is 8.87. The van der Waals surface area contributed by atoms with E-state index in [1.54, 1.807) is 6.92 Å². The Hall–Kier alpha value is -0.990. The van der Waals surface area contributed by atoms with Crippen LogP contribution in [0.5, 0.6) is 0 Å². The number of aliphatic hydroxyl groups excluding tert-OH is 5. The molecular formula is C12H22O7. The Labute approximate surface area is 111 Å². The number of ether oxygens (including phenoxy) is 1. The van der Waals surface area contributed by atoms with Crippen molar-refractivity contribution in [1.29, 1.82) is 0 Å². The summed E-state index contributed by atoms with van der Waals surface area (Å²) in [4.78, 5) is 11.1. The van der Waals surface area contributed by atoms with Gasteiger partial charge in [0.05, 0.1) is 19.3 Å². The van der Waals surface area contributed by atoms with Crippen molar-refractivity contribution in [2.75, 3.05) is 13.2 Å². The average molecular weight is 278 g/mol. The predicted octanol–water partition coefficient (Wildman–Crippen LogP) is -1.82. The minimum absolute atomic E-state index is 0.0200. The molecule has 112 valence electrons. The zero-order valence-electron chi connectivity index (χ0n) is 10.8. The van der Waals surface area contributed by atoms with Gasteiger partial charge in [-0.3, -0.25) is 0 Å². The second kappa shape index (κ2) is 9.00. The molecule has 5 unspecified atom stereocenters. The lowest BCUT2D eigenvalue weighted by Gasteiger charge is -2.29. The molecule has 0 aliphatic rings. The van der Waals surface area contributed by atoms with Gasteiger partial charge in [-0.1, -0.05) is 13.5 Å². The van der Waals surface area contributed by atoms with Crippen LogP contribution < -0.4 is 0 Å². The minimum Gasteiger partial charge on any atom is -0.456 e. The molecule has 0 saturated carbocycles. The number of carbonyl (C=O) groups excluding carboxylic acids is 1. The quantitative estimate of drug-likeness (QED) is 0.248.